The smallest absolute Gasteiger partial charge is 0.274 e. The van der Waals surface area contributed by atoms with Gasteiger partial charge in [-0.25, -0.2) is 14.4 Å². The monoisotopic (exact) mass is 452 g/mol. The first-order valence-corrected chi connectivity index (χ1v) is 10.3. The molecule has 2 amide bonds. The van der Waals surface area contributed by atoms with Gasteiger partial charge in [-0.05, 0) is 60.7 Å². The number of nitrogens with zero attached hydrogens (tertiary/aromatic N) is 3. The number of amides is 2. The minimum absolute atomic E-state index is 0.293. The van der Waals surface area contributed by atoms with Crippen LogP contribution in [0.2, 0.25) is 0 Å². The summed E-state index contributed by atoms with van der Waals surface area (Å²) in [5, 5.41) is 5.49. The number of carbonyl (C=O) groups excluding carboxylic acids is 2. The summed E-state index contributed by atoms with van der Waals surface area (Å²) in [6.45, 7) is 0. The van der Waals surface area contributed by atoms with Gasteiger partial charge in [-0.2, -0.15) is 0 Å². The maximum absolute atomic E-state index is 13.1. The van der Waals surface area contributed by atoms with Crippen LogP contribution in [0.3, 0.4) is 0 Å². The molecule has 0 saturated carbocycles. The normalized spacial score (nSPS) is 10.7. The molecule has 9 heteroatoms. The number of rotatable bonds is 5. The highest BCUT2D eigenvalue weighted by atomic mass is 19.1. The molecule has 0 spiro atoms. The minimum atomic E-state index is -0.413. The summed E-state index contributed by atoms with van der Waals surface area (Å²) >= 11 is 0. The predicted molar refractivity (Wildman–Crippen MR) is 126 cm³/mol. The molecule has 0 aliphatic rings. The van der Waals surface area contributed by atoms with Gasteiger partial charge in [0.15, 0.2) is 0 Å². The van der Waals surface area contributed by atoms with E-state index >= 15 is 0 Å². The number of aromatic amines is 1. The van der Waals surface area contributed by atoms with Crippen LogP contribution in [0.5, 0.6) is 0 Å². The molecule has 0 atom stereocenters. The van der Waals surface area contributed by atoms with E-state index in [9.17, 15) is 14.0 Å². The van der Waals surface area contributed by atoms with Crippen LogP contribution >= 0.6 is 0 Å². The molecule has 0 bridgehead atoms. The first kappa shape index (κ1) is 21.0. The molecular weight excluding hydrogens is 435 g/mol. The number of hydrogen-bond acceptors (Lipinski definition) is 5. The van der Waals surface area contributed by atoms with Crippen LogP contribution in [-0.4, -0.2) is 31.8 Å². The summed E-state index contributed by atoms with van der Waals surface area (Å²) in [5.41, 5.74) is 3.40. The maximum atomic E-state index is 13.1. The fourth-order valence-corrected chi connectivity index (χ4v) is 3.31. The third-order valence-electron chi connectivity index (χ3n) is 5.03. The first-order chi connectivity index (χ1) is 16.5. The van der Waals surface area contributed by atoms with Crippen molar-refractivity contribution >= 4 is 34.4 Å². The zero-order valence-corrected chi connectivity index (χ0v) is 17.6. The van der Waals surface area contributed by atoms with E-state index in [1.807, 2.05) is 12.1 Å². The van der Waals surface area contributed by atoms with Crippen molar-refractivity contribution in [1.29, 1.82) is 0 Å². The summed E-state index contributed by atoms with van der Waals surface area (Å²) in [6, 6.07) is 19.2. The lowest BCUT2D eigenvalue weighted by Crippen LogP contribution is -2.13. The van der Waals surface area contributed by atoms with Crippen molar-refractivity contribution < 1.29 is 14.0 Å². The Morgan fingerprint density at radius 2 is 1.65 bits per heavy atom. The third-order valence-corrected chi connectivity index (χ3v) is 5.03. The summed E-state index contributed by atoms with van der Waals surface area (Å²) < 4.78 is 13.1. The van der Waals surface area contributed by atoms with Crippen LogP contribution in [0.15, 0.2) is 85.2 Å². The maximum Gasteiger partial charge on any atom is 0.274 e. The van der Waals surface area contributed by atoms with Gasteiger partial charge in [-0.1, -0.05) is 6.07 Å². The molecular formula is C25H17FN6O2. The van der Waals surface area contributed by atoms with Gasteiger partial charge in [-0.3, -0.25) is 14.6 Å². The lowest BCUT2D eigenvalue weighted by molar-refractivity contribution is 0.101. The second-order valence-corrected chi connectivity index (χ2v) is 7.38. The molecule has 2 aromatic carbocycles. The molecule has 3 aromatic heterocycles. The Labute approximate surface area is 192 Å². The third kappa shape index (κ3) is 4.49. The van der Waals surface area contributed by atoms with Gasteiger partial charge < -0.3 is 15.6 Å². The number of H-pyrrole nitrogens is 1. The second-order valence-electron chi connectivity index (χ2n) is 7.38. The number of anilines is 2. The standard InChI is InChI=1S/C25H17FN6O2/c26-17-8-4-16(5-9-17)24(33)32-22-13-20-21(14-28-22)31-23(30-20)15-6-10-18(11-7-15)29-25(34)19-3-1-2-12-27-19/h1-14H,(H,29,34)(H,30,31)(H,28,32,33). The number of pyridine rings is 2. The average molecular weight is 452 g/mol. The molecule has 3 N–H and O–H groups in total. The zero-order valence-electron chi connectivity index (χ0n) is 17.6. The van der Waals surface area contributed by atoms with E-state index in [0.717, 1.165) is 5.56 Å². The van der Waals surface area contributed by atoms with Crippen molar-refractivity contribution in [2.45, 2.75) is 0 Å². The molecule has 34 heavy (non-hydrogen) atoms. The van der Waals surface area contributed by atoms with Crippen molar-refractivity contribution in [2.24, 2.45) is 0 Å². The van der Waals surface area contributed by atoms with Gasteiger partial charge in [0.05, 0.1) is 17.2 Å². The molecule has 0 radical (unpaired) electrons. The molecule has 0 aliphatic heterocycles. The van der Waals surface area contributed by atoms with Crippen molar-refractivity contribution in [3.05, 3.63) is 102 Å². The zero-order chi connectivity index (χ0) is 23.5. The van der Waals surface area contributed by atoms with E-state index in [0.29, 0.717) is 39.6 Å². The molecule has 5 rings (SSSR count). The largest absolute Gasteiger partial charge is 0.337 e. The number of carbonyl (C=O) groups is 2. The van der Waals surface area contributed by atoms with Gasteiger partial charge in [-0.15, -0.1) is 0 Å². The first-order valence-electron chi connectivity index (χ1n) is 10.3. The molecule has 0 unspecified atom stereocenters. The van der Waals surface area contributed by atoms with Crippen LogP contribution in [0, 0.1) is 5.82 Å². The number of nitrogens with one attached hydrogen (secondary N) is 3. The summed E-state index contributed by atoms with van der Waals surface area (Å²) in [4.78, 5) is 40.7. The fraction of sp³-hybridized carbons (Fsp3) is 0. The number of halogens is 1. The number of fused-ring (bicyclic) bond motifs is 1. The van der Waals surface area contributed by atoms with Crippen LogP contribution in [0.4, 0.5) is 15.9 Å². The Hall–Kier alpha value is -4.92. The summed E-state index contributed by atoms with van der Waals surface area (Å²) in [5.74, 6) is -0.165. The Morgan fingerprint density at radius 3 is 2.38 bits per heavy atom. The van der Waals surface area contributed by atoms with Crippen LogP contribution < -0.4 is 10.6 Å². The van der Waals surface area contributed by atoms with Crippen molar-refractivity contribution in [3.63, 3.8) is 0 Å². The highest BCUT2D eigenvalue weighted by Crippen LogP contribution is 2.23. The Balaban J connectivity index is 1.31. The van der Waals surface area contributed by atoms with Gasteiger partial charge in [0.1, 0.15) is 23.2 Å². The van der Waals surface area contributed by atoms with Crippen molar-refractivity contribution in [1.82, 2.24) is 19.9 Å². The number of imidazole rings is 1. The number of hydrogen-bond donors (Lipinski definition) is 3. The predicted octanol–water partition coefficient (Wildman–Crippen LogP) is 4.66. The van der Waals surface area contributed by atoms with Crippen molar-refractivity contribution in [2.75, 3.05) is 10.6 Å². The SMILES string of the molecule is O=C(Nc1cc2nc(-c3ccc(NC(=O)c4ccccn4)cc3)[nH]c2cn1)c1ccc(F)cc1. The molecule has 8 nitrogen and oxygen atoms in total. The van der Waals surface area contributed by atoms with E-state index in [2.05, 4.69) is 30.6 Å². The van der Waals surface area contributed by atoms with Crippen LogP contribution in [0.1, 0.15) is 20.8 Å². The number of benzene rings is 2. The lowest BCUT2D eigenvalue weighted by Gasteiger charge is -2.05. The second kappa shape index (κ2) is 8.91. The van der Waals surface area contributed by atoms with Crippen molar-refractivity contribution in [3.8, 4) is 11.4 Å². The summed E-state index contributed by atoms with van der Waals surface area (Å²) in [6.07, 6.45) is 3.14. The molecule has 3 heterocycles. The Bertz CT molecular complexity index is 1480. The molecule has 5 aromatic rings. The molecule has 0 aliphatic carbocycles. The Morgan fingerprint density at radius 1 is 0.853 bits per heavy atom. The van der Waals surface area contributed by atoms with E-state index in [1.165, 1.54) is 24.3 Å². The molecule has 0 fully saturated rings. The van der Waals surface area contributed by atoms with E-state index in [4.69, 9.17) is 0 Å². The number of aromatic nitrogens is 4. The highest BCUT2D eigenvalue weighted by Gasteiger charge is 2.11. The van der Waals surface area contributed by atoms with Gasteiger partial charge in [0, 0.05) is 29.1 Å². The minimum Gasteiger partial charge on any atom is -0.337 e. The quantitative estimate of drug-likeness (QED) is 0.359. The summed E-state index contributed by atoms with van der Waals surface area (Å²) in [7, 11) is 0. The van der Waals surface area contributed by atoms with Gasteiger partial charge >= 0.3 is 0 Å². The van der Waals surface area contributed by atoms with Gasteiger partial charge in [0.25, 0.3) is 11.8 Å². The van der Waals surface area contributed by atoms with E-state index in [1.54, 1.807) is 48.8 Å². The van der Waals surface area contributed by atoms with Gasteiger partial charge in [0.2, 0.25) is 0 Å². The average Bonchev–Trinajstić information content (AvgIpc) is 3.29. The van der Waals surface area contributed by atoms with Crippen LogP contribution in [0.25, 0.3) is 22.4 Å². The molecule has 166 valence electrons. The fourth-order valence-electron chi connectivity index (χ4n) is 3.31. The van der Waals surface area contributed by atoms with E-state index in [-0.39, 0.29) is 5.91 Å². The molecule has 0 saturated heterocycles. The highest BCUT2D eigenvalue weighted by molar-refractivity contribution is 6.04. The topological polar surface area (TPSA) is 113 Å². The van der Waals surface area contributed by atoms with Crippen LogP contribution in [-0.2, 0) is 0 Å². The van der Waals surface area contributed by atoms with E-state index < -0.39 is 11.7 Å². The Kier molecular flexibility index (Phi) is 5.49. The lowest BCUT2D eigenvalue weighted by atomic mass is 10.2.